The first kappa shape index (κ1) is 16.4. The second-order valence-electron chi connectivity index (χ2n) is 5.68. The molecule has 0 amide bonds. The number of ketones is 1. The molecule has 0 radical (unpaired) electrons. The van der Waals surface area contributed by atoms with E-state index in [-0.39, 0.29) is 18.0 Å². The number of hydrogen-bond donors (Lipinski definition) is 0. The van der Waals surface area contributed by atoms with Crippen LogP contribution in [0.1, 0.15) is 51.0 Å². The lowest BCUT2D eigenvalue weighted by molar-refractivity contribution is -0.145. The minimum Gasteiger partial charge on any atom is -0.367 e. The third kappa shape index (κ3) is 4.04. The fraction of sp³-hybridized carbons (Fsp3) is 0.588. The molecular formula is C17H22ClFO2. The molecule has 0 aliphatic heterocycles. The zero-order valence-corrected chi connectivity index (χ0v) is 13.2. The first-order valence-electron chi connectivity index (χ1n) is 7.68. The molecule has 1 aromatic carbocycles. The van der Waals surface area contributed by atoms with Gasteiger partial charge in [0.15, 0.2) is 5.78 Å². The van der Waals surface area contributed by atoms with Gasteiger partial charge in [-0.2, -0.15) is 0 Å². The summed E-state index contributed by atoms with van der Waals surface area (Å²) in [6.07, 6.45) is 5.77. The smallest absolute Gasteiger partial charge is 0.169 e. The summed E-state index contributed by atoms with van der Waals surface area (Å²) in [7, 11) is 0. The van der Waals surface area contributed by atoms with Gasteiger partial charge in [0, 0.05) is 18.1 Å². The van der Waals surface area contributed by atoms with E-state index < -0.39 is 5.60 Å². The standard InChI is InChI=1S/C17H22ClFO2/c1-2-21-17(9-5-3-4-6-10-17)16(20)12-13-11-14(18)7-8-15(13)19/h7-8,11H,2-6,9-10,12H2,1H3. The molecule has 0 saturated heterocycles. The Labute approximate surface area is 130 Å². The van der Waals surface area contributed by atoms with Crippen LogP contribution in [0.2, 0.25) is 5.02 Å². The van der Waals surface area contributed by atoms with Crippen molar-refractivity contribution in [1.29, 1.82) is 0 Å². The highest BCUT2D eigenvalue weighted by Gasteiger charge is 2.38. The van der Waals surface area contributed by atoms with Crippen LogP contribution < -0.4 is 0 Å². The maximum atomic E-state index is 13.8. The number of hydrogen-bond acceptors (Lipinski definition) is 2. The summed E-state index contributed by atoms with van der Waals surface area (Å²) in [5.41, 5.74) is -0.379. The van der Waals surface area contributed by atoms with E-state index in [0.29, 0.717) is 17.2 Å². The quantitative estimate of drug-likeness (QED) is 0.735. The monoisotopic (exact) mass is 312 g/mol. The summed E-state index contributed by atoms with van der Waals surface area (Å²) in [6.45, 7) is 2.41. The molecule has 21 heavy (non-hydrogen) atoms. The van der Waals surface area contributed by atoms with Crippen LogP contribution in [-0.4, -0.2) is 18.0 Å². The highest BCUT2D eigenvalue weighted by atomic mass is 35.5. The molecule has 0 heterocycles. The van der Waals surface area contributed by atoms with Gasteiger partial charge in [-0.05, 0) is 43.5 Å². The minimum atomic E-state index is -0.736. The molecule has 1 aromatic rings. The van der Waals surface area contributed by atoms with E-state index in [1.165, 1.54) is 18.2 Å². The van der Waals surface area contributed by atoms with Gasteiger partial charge in [0.1, 0.15) is 11.4 Å². The van der Waals surface area contributed by atoms with Gasteiger partial charge >= 0.3 is 0 Å². The molecule has 1 saturated carbocycles. The van der Waals surface area contributed by atoms with E-state index in [1.54, 1.807) is 0 Å². The summed E-state index contributed by atoms with van der Waals surface area (Å²) in [4.78, 5) is 12.8. The van der Waals surface area contributed by atoms with Crippen LogP contribution >= 0.6 is 11.6 Å². The van der Waals surface area contributed by atoms with Crippen molar-refractivity contribution in [1.82, 2.24) is 0 Å². The van der Waals surface area contributed by atoms with Crippen molar-refractivity contribution in [2.75, 3.05) is 6.61 Å². The van der Waals surface area contributed by atoms with E-state index in [4.69, 9.17) is 16.3 Å². The third-order valence-electron chi connectivity index (χ3n) is 4.20. The molecular weight excluding hydrogens is 291 g/mol. The van der Waals surface area contributed by atoms with Gasteiger partial charge in [-0.3, -0.25) is 4.79 Å². The summed E-state index contributed by atoms with van der Waals surface area (Å²) in [5.74, 6) is -0.402. The maximum Gasteiger partial charge on any atom is 0.169 e. The fourth-order valence-corrected chi connectivity index (χ4v) is 3.29. The largest absolute Gasteiger partial charge is 0.367 e. The van der Waals surface area contributed by atoms with Gasteiger partial charge in [-0.25, -0.2) is 4.39 Å². The summed E-state index contributed by atoms with van der Waals surface area (Å²) in [5, 5.41) is 0.450. The minimum absolute atomic E-state index is 0.0209. The lowest BCUT2D eigenvalue weighted by Gasteiger charge is -2.31. The molecule has 4 heteroatoms. The number of ether oxygens (including phenoxy) is 1. The Morgan fingerprint density at radius 2 is 1.95 bits per heavy atom. The molecule has 0 bridgehead atoms. The molecule has 1 fully saturated rings. The average Bonchev–Trinajstić information content (AvgIpc) is 2.70. The summed E-state index contributed by atoms with van der Waals surface area (Å²) in [6, 6.07) is 4.34. The lowest BCUT2D eigenvalue weighted by atomic mass is 9.86. The molecule has 0 spiro atoms. The SMILES string of the molecule is CCOC1(C(=O)Cc2cc(Cl)ccc2F)CCCCCC1. The van der Waals surface area contributed by atoms with Gasteiger partial charge in [0.25, 0.3) is 0 Å². The van der Waals surface area contributed by atoms with Crippen LogP contribution in [0.3, 0.4) is 0 Å². The van der Waals surface area contributed by atoms with Crippen molar-refractivity contribution in [3.8, 4) is 0 Å². The van der Waals surface area contributed by atoms with Crippen LogP contribution in [0.5, 0.6) is 0 Å². The van der Waals surface area contributed by atoms with E-state index >= 15 is 0 Å². The molecule has 0 atom stereocenters. The highest BCUT2D eigenvalue weighted by molar-refractivity contribution is 6.30. The van der Waals surface area contributed by atoms with E-state index in [0.717, 1.165) is 38.5 Å². The predicted molar refractivity (Wildman–Crippen MR) is 82.2 cm³/mol. The number of carbonyl (C=O) groups is 1. The second-order valence-corrected chi connectivity index (χ2v) is 6.11. The molecule has 0 unspecified atom stereocenters. The Morgan fingerprint density at radius 3 is 2.57 bits per heavy atom. The van der Waals surface area contributed by atoms with Crippen molar-refractivity contribution in [2.24, 2.45) is 0 Å². The van der Waals surface area contributed by atoms with Gasteiger partial charge in [0.05, 0.1) is 0 Å². The normalized spacial score (nSPS) is 18.2. The molecule has 0 aromatic heterocycles. The molecule has 1 aliphatic rings. The Kier molecular flexibility index (Phi) is 5.77. The summed E-state index contributed by atoms with van der Waals surface area (Å²) < 4.78 is 19.7. The topological polar surface area (TPSA) is 26.3 Å². The van der Waals surface area contributed by atoms with Gasteiger partial charge < -0.3 is 4.74 Å². The number of Topliss-reactive ketones (excluding diaryl/α,β-unsaturated/α-hetero) is 1. The lowest BCUT2D eigenvalue weighted by Crippen LogP contribution is -2.42. The number of rotatable bonds is 5. The van der Waals surface area contributed by atoms with E-state index in [9.17, 15) is 9.18 Å². The van der Waals surface area contributed by atoms with Crippen LogP contribution in [0.25, 0.3) is 0 Å². The molecule has 0 N–H and O–H groups in total. The number of carbonyl (C=O) groups excluding carboxylic acids is 1. The van der Waals surface area contributed by atoms with Crippen molar-refractivity contribution >= 4 is 17.4 Å². The Morgan fingerprint density at radius 1 is 1.29 bits per heavy atom. The van der Waals surface area contributed by atoms with Crippen molar-refractivity contribution in [3.05, 3.63) is 34.6 Å². The summed E-state index contributed by atoms with van der Waals surface area (Å²) >= 11 is 5.90. The maximum absolute atomic E-state index is 13.8. The molecule has 2 nitrogen and oxygen atoms in total. The second kappa shape index (κ2) is 7.37. The molecule has 1 aliphatic carbocycles. The molecule has 116 valence electrons. The predicted octanol–water partition coefficient (Wildman–Crippen LogP) is 4.72. The Bertz CT molecular complexity index is 494. The molecule has 2 rings (SSSR count). The van der Waals surface area contributed by atoms with Crippen LogP contribution in [0, 0.1) is 5.82 Å². The highest BCUT2D eigenvalue weighted by Crippen LogP contribution is 2.33. The van der Waals surface area contributed by atoms with E-state index in [1.807, 2.05) is 6.92 Å². The van der Waals surface area contributed by atoms with Crippen molar-refractivity contribution in [3.63, 3.8) is 0 Å². The van der Waals surface area contributed by atoms with Crippen LogP contribution in [-0.2, 0) is 16.0 Å². The Balaban J connectivity index is 2.20. The number of halogens is 2. The first-order chi connectivity index (χ1) is 10.1. The third-order valence-corrected chi connectivity index (χ3v) is 4.43. The average molecular weight is 313 g/mol. The van der Waals surface area contributed by atoms with Crippen molar-refractivity contribution in [2.45, 2.75) is 57.5 Å². The van der Waals surface area contributed by atoms with Gasteiger partial charge in [0.2, 0.25) is 0 Å². The van der Waals surface area contributed by atoms with E-state index in [2.05, 4.69) is 0 Å². The zero-order chi connectivity index (χ0) is 15.3. The van der Waals surface area contributed by atoms with Crippen molar-refractivity contribution < 1.29 is 13.9 Å². The van der Waals surface area contributed by atoms with Gasteiger partial charge in [-0.15, -0.1) is 0 Å². The first-order valence-corrected chi connectivity index (χ1v) is 8.06. The zero-order valence-electron chi connectivity index (χ0n) is 12.5. The number of benzene rings is 1. The Hall–Kier alpha value is -0.930. The van der Waals surface area contributed by atoms with Crippen LogP contribution in [0.4, 0.5) is 4.39 Å². The fourth-order valence-electron chi connectivity index (χ4n) is 3.09. The van der Waals surface area contributed by atoms with Gasteiger partial charge in [-0.1, -0.05) is 37.3 Å². The van der Waals surface area contributed by atoms with Crippen LogP contribution in [0.15, 0.2) is 18.2 Å².